The van der Waals surface area contributed by atoms with Crippen LogP contribution in [0.5, 0.6) is 0 Å². The molecule has 1 aromatic heterocycles. The van der Waals surface area contributed by atoms with Crippen molar-refractivity contribution in [3.05, 3.63) is 17.5 Å². The zero-order chi connectivity index (χ0) is 12.7. The zero-order valence-electron chi connectivity index (χ0n) is 11.1. The lowest BCUT2D eigenvalue weighted by Gasteiger charge is -2.32. The van der Waals surface area contributed by atoms with Crippen LogP contribution in [0.1, 0.15) is 54.6 Å². The van der Waals surface area contributed by atoms with Crippen LogP contribution in [0.2, 0.25) is 0 Å². The van der Waals surface area contributed by atoms with Gasteiger partial charge in [0.15, 0.2) is 0 Å². The molecule has 0 aromatic carbocycles. The van der Waals surface area contributed by atoms with E-state index in [1.165, 1.54) is 32.8 Å². The van der Waals surface area contributed by atoms with Gasteiger partial charge in [-0.1, -0.05) is 6.92 Å². The number of nitrogens with zero attached hydrogens (tertiary/aromatic N) is 2. The van der Waals surface area contributed by atoms with Crippen molar-refractivity contribution in [2.75, 3.05) is 7.11 Å². The maximum Gasteiger partial charge on any atom is 0.341 e. The molecule has 0 atom stereocenters. The smallest absolute Gasteiger partial charge is 0.341 e. The summed E-state index contributed by atoms with van der Waals surface area (Å²) in [4.78, 5) is 11.7. The third-order valence-electron chi connectivity index (χ3n) is 4.15. The van der Waals surface area contributed by atoms with Gasteiger partial charge in [0.05, 0.1) is 19.0 Å². The Morgan fingerprint density at radius 3 is 2.78 bits per heavy atom. The summed E-state index contributed by atoms with van der Waals surface area (Å²) in [5.74, 6) is 1.88. The predicted molar refractivity (Wildman–Crippen MR) is 67.4 cm³/mol. The third-order valence-corrected chi connectivity index (χ3v) is 4.15. The molecule has 2 aliphatic carbocycles. The molecule has 0 unspecified atom stereocenters. The Morgan fingerprint density at radius 2 is 2.22 bits per heavy atom. The van der Waals surface area contributed by atoms with E-state index in [0.717, 1.165) is 24.1 Å². The first-order chi connectivity index (χ1) is 8.69. The highest BCUT2D eigenvalue weighted by Crippen LogP contribution is 2.43. The predicted octanol–water partition coefficient (Wildman–Crippen LogP) is 2.59. The van der Waals surface area contributed by atoms with E-state index < -0.39 is 0 Å². The summed E-state index contributed by atoms with van der Waals surface area (Å²) >= 11 is 0. The first-order valence-corrected chi connectivity index (χ1v) is 6.83. The monoisotopic (exact) mass is 248 g/mol. The van der Waals surface area contributed by atoms with Crippen molar-refractivity contribution in [1.82, 2.24) is 9.78 Å². The molecule has 0 bridgehead atoms. The van der Waals surface area contributed by atoms with Crippen molar-refractivity contribution in [3.63, 3.8) is 0 Å². The van der Waals surface area contributed by atoms with E-state index in [-0.39, 0.29) is 5.97 Å². The summed E-state index contributed by atoms with van der Waals surface area (Å²) < 4.78 is 6.89. The van der Waals surface area contributed by atoms with Crippen LogP contribution in [0, 0.1) is 11.8 Å². The minimum atomic E-state index is -0.245. The number of aromatic nitrogens is 2. The lowest BCUT2D eigenvalue weighted by Crippen LogP contribution is -2.26. The molecular weight excluding hydrogens is 228 g/mol. The molecule has 2 aliphatic rings. The zero-order valence-corrected chi connectivity index (χ0v) is 11.1. The van der Waals surface area contributed by atoms with Gasteiger partial charge in [-0.3, -0.25) is 4.68 Å². The minimum Gasteiger partial charge on any atom is -0.465 e. The fourth-order valence-electron chi connectivity index (χ4n) is 3.06. The molecule has 4 nitrogen and oxygen atoms in total. The Kier molecular flexibility index (Phi) is 2.88. The number of hydrogen-bond acceptors (Lipinski definition) is 3. The maximum atomic E-state index is 11.7. The van der Waals surface area contributed by atoms with Gasteiger partial charge in [-0.25, -0.2) is 4.79 Å². The van der Waals surface area contributed by atoms with Crippen molar-refractivity contribution in [2.45, 2.75) is 45.1 Å². The molecule has 0 amide bonds. The van der Waals surface area contributed by atoms with Crippen LogP contribution in [-0.4, -0.2) is 22.9 Å². The summed E-state index contributed by atoms with van der Waals surface area (Å²) in [7, 11) is 1.43. The SMILES string of the molecule is COC(=O)c1cnn(CC2CC(C)C2)c1C1CC1. The highest BCUT2D eigenvalue weighted by Gasteiger charge is 2.34. The average molecular weight is 248 g/mol. The van der Waals surface area contributed by atoms with Crippen LogP contribution in [0.15, 0.2) is 6.20 Å². The lowest BCUT2D eigenvalue weighted by atomic mass is 9.76. The number of rotatable bonds is 4. The largest absolute Gasteiger partial charge is 0.465 e. The van der Waals surface area contributed by atoms with Gasteiger partial charge < -0.3 is 4.74 Å². The Hall–Kier alpha value is -1.32. The van der Waals surface area contributed by atoms with Crippen LogP contribution in [0.25, 0.3) is 0 Å². The molecule has 2 saturated carbocycles. The number of hydrogen-bond donors (Lipinski definition) is 0. The fraction of sp³-hybridized carbons (Fsp3) is 0.714. The van der Waals surface area contributed by atoms with Crippen LogP contribution >= 0.6 is 0 Å². The minimum absolute atomic E-state index is 0.245. The summed E-state index contributed by atoms with van der Waals surface area (Å²) in [5, 5.41) is 4.41. The van der Waals surface area contributed by atoms with Gasteiger partial charge in [-0.15, -0.1) is 0 Å². The molecule has 1 aromatic rings. The second-order valence-electron chi connectivity index (χ2n) is 5.83. The summed E-state index contributed by atoms with van der Waals surface area (Å²) in [5.41, 5.74) is 1.79. The van der Waals surface area contributed by atoms with Gasteiger partial charge >= 0.3 is 5.97 Å². The van der Waals surface area contributed by atoms with Gasteiger partial charge in [0.1, 0.15) is 5.56 Å². The molecule has 0 aliphatic heterocycles. The molecule has 98 valence electrons. The average Bonchev–Trinajstić information content (AvgIpc) is 3.08. The number of methoxy groups -OCH3 is 1. The Balaban J connectivity index is 1.80. The van der Waals surface area contributed by atoms with Crippen molar-refractivity contribution < 1.29 is 9.53 Å². The van der Waals surface area contributed by atoms with E-state index in [2.05, 4.69) is 16.7 Å². The lowest BCUT2D eigenvalue weighted by molar-refractivity contribution is 0.0599. The second-order valence-corrected chi connectivity index (χ2v) is 5.83. The van der Waals surface area contributed by atoms with Crippen LogP contribution in [0.4, 0.5) is 0 Å². The first kappa shape index (κ1) is 11.8. The van der Waals surface area contributed by atoms with Crippen molar-refractivity contribution in [1.29, 1.82) is 0 Å². The number of esters is 1. The second kappa shape index (κ2) is 4.41. The van der Waals surface area contributed by atoms with Crippen LogP contribution in [-0.2, 0) is 11.3 Å². The van der Waals surface area contributed by atoms with E-state index >= 15 is 0 Å². The Bertz CT molecular complexity index is 456. The van der Waals surface area contributed by atoms with E-state index in [0.29, 0.717) is 11.5 Å². The van der Waals surface area contributed by atoms with Crippen molar-refractivity contribution in [3.8, 4) is 0 Å². The van der Waals surface area contributed by atoms with Gasteiger partial charge in [0, 0.05) is 12.5 Å². The highest BCUT2D eigenvalue weighted by molar-refractivity contribution is 5.90. The van der Waals surface area contributed by atoms with Gasteiger partial charge in [-0.2, -0.15) is 5.10 Å². The molecule has 1 heterocycles. The van der Waals surface area contributed by atoms with E-state index in [1.54, 1.807) is 6.20 Å². The van der Waals surface area contributed by atoms with E-state index in [4.69, 9.17) is 4.74 Å². The molecule has 4 heteroatoms. The number of carbonyl (C=O) groups excluding carboxylic acids is 1. The standard InChI is InChI=1S/C14H20N2O2/c1-9-5-10(6-9)8-16-13(11-3-4-11)12(7-15-16)14(17)18-2/h7,9-11H,3-6,8H2,1-2H3. The third kappa shape index (κ3) is 2.04. The Morgan fingerprint density at radius 1 is 1.50 bits per heavy atom. The topological polar surface area (TPSA) is 44.1 Å². The maximum absolute atomic E-state index is 11.7. The van der Waals surface area contributed by atoms with Crippen LogP contribution in [0.3, 0.4) is 0 Å². The fourth-order valence-corrected chi connectivity index (χ4v) is 3.06. The van der Waals surface area contributed by atoms with Crippen LogP contribution < -0.4 is 0 Å². The van der Waals surface area contributed by atoms with Crippen molar-refractivity contribution >= 4 is 5.97 Å². The quantitative estimate of drug-likeness (QED) is 0.769. The molecule has 3 rings (SSSR count). The van der Waals surface area contributed by atoms with Crippen molar-refractivity contribution in [2.24, 2.45) is 11.8 Å². The van der Waals surface area contributed by atoms with Gasteiger partial charge in [0.25, 0.3) is 0 Å². The molecule has 2 fully saturated rings. The normalized spacial score (nSPS) is 26.8. The van der Waals surface area contributed by atoms with Gasteiger partial charge in [0.2, 0.25) is 0 Å². The molecule has 0 N–H and O–H groups in total. The molecule has 0 spiro atoms. The first-order valence-electron chi connectivity index (χ1n) is 6.83. The molecule has 18 heavy (non-hydrogen) atoms. The van der Waals surface area contributed by atoms with Gasteiger partial charge in [-0.05, 0) is 37.5 Å². The summed E-state index contributed by atoms with van der Waals surface area (Å²) in [6.07, 6.45) is 6.62. The molecule has 0 saturated heterocycles. The molecule has 0 radical (unpaired) electrons. The number of carbonyl (C=O) groups is 1. The van der Waals surface area contributed by atoms with E-state index in [1.807, 2.05) is 0 Å². The molecular formula is C14H20N2O2. The number of ether oxygens (including phenoxy) is 1. The Labute approximate surface area is 107 Å². The highest BCUT2D eigenvalue weighted by atomic mass is 16.5. The summed E-state index contributed by atoms with van der Waals surface area (Å²) in [6.45, 7) is 3.26. The summed E-state index contributed by atoms with van der Waals surface area (Å²) in [6, 6.07) is 0. The van der Waals surface area contributed by atoms with E-state index in [9.17, 15) is 4.79 Å².